The second-order valence-electron chi connectivity index (χ2n) is 4.91. The van der Waals surface area contributed by atoms with Gasteiger partial charge in [-0.15, -0.1) is 0 Å². The SMILES string of the molecule is COc1cc2c(cc1OC)C(C)Cc1c-2c(=O)c1=O. The first-order valence-electron chi connectivity index (χ1n) is 6.17. The highest BCUT2D eigenvalue weighted by Gasteiger charge is 2.32. The number of fused-ring (bicyclic) bond motifs is 3. The smallest absolute Gasteiger partial charge is 0.234 e. The van der Waals surface area contributed by atoms with Gasteiger partial charge in [-0.25, -0.2) is 0 Å². The van der Waals surface area contributed by atoms with Gasteiger partial charge in [0.2, 0.25) is 10.9 Å². The minimum Gasteiger partial charge on any atom is -0.493 e. The molecule has 1 atom stereocenters. The lowest BCUT2D eigenvalue weighted by atomic mass is 9.76. The zero-order valence-corrected chi connectivity index (χ0v) is 11.1. The van der Waals surface area contributed by atoms with Crippen molar-refractivity contribution < 1.29 is 9.47 Å². The average Bonchev–Trinajstić information content (AvgIpc) is 2.45. The predicted octanol–water partition coefficient (Wildman–Crippen LogP) is 1.63. The summed E-state index contributed by atoms with van der Waals surface area (Å²) in [6.07, 6.45) is 0.627. The Labute approximate surface area is 110 Å². The molecule has 19 heavy (non-hydrogen) atoms. The van der Waals surface area contributed by atoms with Crippen molar-refractivity contribution in [1.82, 2.24) is 0 Å². The summed E-state index contributed by atoms with van der Waals surface area (Å²) >= 11 is 0. The van der Waals surface area contributed by atoms with Gasteiger partial charge in [0.05, 0.1) is 14.2 Å². The van der Waals surface area contributed by atoms with Gasteiger partial charge < -0.3 is 9.47 Å². The molecule has 0 amide bonds. The number of ether oxygens (including phenoxy) is 2. The van der Waals surface area contributed by atoms with Crippen LogP contribution in [0.15, 0.2) is 21.7 Å². The van der Waals surface area contributed by atoms with Crippen LogP contribution in [0.3, 0.4) is 0 Å². The maximum atomic E-state index is 11.7. The van der Waals surface area contributed by atoms with Crippen molar-refractivity contribution in [2.45, 2.75) is 19.3 Å². The van der Waals surface area contributed by atoms with E-state index in [0.717, 1.165) is 11.1 Å². The van der Waals surface area contributed by atoms with E-state index in [1.54, 1.807) is 20.3 Å². The molecular formula is C15H14O4. The number of hydrogen-bond acceptors (Lipinski definition) is 4. The summed E-state index contributed by atoms with van der Waals surface area (Å²) in [6.45, 7) is 2.05. The topological polar surface area (TPSA) is 52.6 Å². The Bertz CT molecular complexity index is 735. The summed E-state index contributed by atoms with van der Waals surface area (Å²) in [4.78, 5) is 23.3. The van der Waals surface area contributed by atoms with Crippen molar-refractivity contribution >= 4 is 0 Å². The summed E-state index contributed by atoms with van der Waals surface area (Å²) in [6, 6.07) is 3.70. The molecule has 2 aromatic rings. The van der Waals surface area contributed by atoms with Gasteiger partial charge in [-0.3, -0.25) is 9.59 Å². The summed E-state index contributed by atoms with van der Waals surface area (Å²) in [7, 11) is 3.14. The van der Waals surface area contributed by atoms with Crippen LogP contribution < -0.4 is 20.3 Å². The molecule has 0 bridgehead atoms. The fourth-order valence-corrected chi connectivity index (χ4v) is 2.85. The normalized spacial score (nSPS) is 16.9. The maximum absolute atomic E-state index is 11.7. The molecule has 0 radical (unpaired) electrons. The zero-order valence-electron chi connectivity index (χ0n) is 11.1. The van der Waals surface area contributed by atoms with Gasteiger partial charge in [-0.1, -0.05) is 6.92 Å². The molecule has 0 aliphatic heterocycles. The van der Waals surface area contributed by atoms with Gasteiger partial charge in [-0.05, 0) is 35.6 Å². The second-order valence-corrected chi connectivity index (χ2v) is 4.91. The van der Waals surface area contributed by atoms with Crippen LogP contribution in [0.5, 0.6) is 11.5 Å². The molecule has 2 aromatic carbocycles. The first kappa shape index (κ1) is 12.0. The summed E-state index contributed by atoms with van der Waals surface area (Å²) in [5, 5.41) is 0. The van der Waals surface area contributed by atoms with Crippen LogP contribution in [0.4, 0.5) is 0 Å². The molecule has 4 heteroatoms. The Morgan fingerprint density at radius 3 is 2.32 bits per heavy atom. The van der Waals surface area contributed by atoms with Crippen molar-refractivity contribution in [3.05, 3.63) is 43.7 Å². The highest BCUT2D eigenvalue weighted by Crippen LogP contribution is 2.43. The highest BCUT2D eigenvalue weighted by atomic mass is 16.5. The zero-order chi connectivity index (χ0) is 13.7. The lowest BCUT2D eigenvalue weighted by Crippen LogP contribution is -2.40. The van der Waals surface area contributed by atoms with Crippen LogP contribution in [0.2, 0.25) is 0 Å². The Morgan fingerprint density at radius 1 is 1.05 bits per heavy atom. The minimum absolute atomic E-state index is 0.200. The van der Waals surface area contributed by atoms with Gasteiger partial charge in [0.15, 0.2) is 11.5 Å². The van der Waals surface area contributed by atoms with Crippen molar-refractivity contribution in [2.24, 2.45) is 0 Å². The number of hydrogen-bond donors (Lipinski definition) is 0. The predicted molar refractivity (Wildman–Crippen MR) is 72.0 cm³/mol. The van der Waals surface area contributed by atoms with E-state index in [2.05, 4.69) is 0 Å². The van der Waals surface area contributed by atoms with E-state index < -0.39 is 0 Å². The van der Waals surface area contributed by atoms with Crippen LogP contribution in [-0.4, -0.2) is 14.2 Å². The van der Waals surface area contributed by atoms with Gasteiger partial charge in [-0.2, -0.15) is 0 Å². The molecule has 0 spiro atoms. The van der Waals surface area contributed by atoms with Gasteiger partial charge in [0, 0.05) is 11.1 Å². The van der Waals surface area contributed by atoms with Crippen molar-refractivity contribution in [3.63, 3.8) is 0 Å². The molecule has 4 nitrogen and oxygen atoms in total. The molecule has 0 saturated heterocycles. The Balaban J connectivity index is 2.29. The number of methoxy groups -OCH3 is 2. The molecule has 98 valence electrons. The van der Waals surface area contributed by atoms with Gasteiger partial charge in [0.25, 0.3) is 0 Å². The Hall–Kier alpha value is -2.10. The first-order valence-corrected chi connectivity index (χ1v) is 6.17. The number of rotatable bonds is 2. The van der Waals surface area contributed by atoms with E-state index in [9.17, 15) is 9.59 Å². The Kier molecular flexibility index (Phi) is 2.49. The van der Waals surface area contributed by atoms with Crippen LogP contribution in [0, 0.1) is 0 Å². The molecule has 3 rings (SSSR count). The fourth-order valence-electron chi connectivity index (χ4n) is 2.85. The summed E-state index contributed by atoms with van der Waals surface area (Å²) in [5.41, 5.74) is 2.38. The van der Waals surface area contributed by atoms with Crippen molar-refractivity contribution in [1.29, 1.82) is 0 Å². The molecule has 1 aliphatic rings. The quantitative estimate of drug-likeness (QED) is 0.768. The second kappa shape index (κ2) is 3.95. The third-order valence-electron chi connectivity index (χ3n) is 3.88. The van der Waals surface area contributed by atoms with Crippen molar-refractivity contribution in [3.8, 4) is 22.6 Å². The lowest BCUT2D eigenvalue weighted by molar-refractivity contribution is 0.354. The molecule has 0 N–H and O–H groups in total. The molecule has 0 saturated carbocycles. The van der Waals surface area contributed by atoms with Gasteiger partial charge >= 0.3 is 0 Å². The van der Waals surface area contributed by atoms with E-state index in [0.29, 0.717) is 29.0 Å². The average molecular weight is 258 g/mol. The van der Waals surface area contributed by atoms with Crippen LogP contribution >= 0.6 is 0 Å². The van der Waals surface area contributed by atoms with Crippen molar-refractivity contribution in [2.75, 3.05) is 14.2 Å². The highest BCUT2D eigenvalue weighted by molar-refractivity contribution is 5.79. The van der Waals surface area contributed by atoms with E-state index in [1.165, 1.54) is 0 Å². The molecule has 0 fully saturated rings. The number of benzene rings is 1. The molecular weight excluding hydrogens is 244 g/mol. The standard InChI is InChI=1S/C15H14O4/c1-7-4-10-13(15(17)14(10)16)9-6-12(19-3)11(18-2)5-8(7)9/h5-7H,4H2,1-3H3. The molecule has 0 heterocycles. The molecule has 1 unspecified atom stereocenters. The lowest BCUT2D eigenvalue weighted by Gasteiger charge is -2.27. The van der Waals surface area contributed by atoms with Gasteiger partial charge in [0.1, 0.15) is 0 Å². The largest absolute Gasteiger partial charge is 0.493 e. The molecule has 0 aromatic heterocycles. The fraction of sp³-hybridized carbons (Fsp3) is 0.333. The van der Waals surface area contributed by atoms with Crippen LogP contribution in [-0.2, 0) is 6.42 Å². The third kappa shape index (κ3) is 1.46. The molecule has 1 aliphatic carbocycles. The maximum Gasteiger partial charge on any atom is 0.234 e. The van der Waals surface area contributed by atoms with E-state index in [-0.39, 0.29) is 16.8 Å². The van der Waals surface area contributed by atoms with Crippen LogP contribution in [0.1, 0.15) is 24.0 Å². The Morgan fingerprint density at radius 2 is 1.68 bits per heavy atom. The summed E-state index contributed by atoms with van der Waals surface area (Å²) in [5.74, 6) is 1.43. The minimum atomic E-state index is -0.379. The van der Waals surface area contributed by atoms with Crippen LogP contribution in [0.25, 0.3) is 11.1 Å². The summed E-state index contributed by atoms with van der Waals surface area (Å²) < 4.78 is 10.5. The monoisotopic (exact) mass is 258 g/mol. The van der Waals surface area contributed by atoms with E-state index in [1.807, 2.05) is 13.0 Å². The van der Waals surface area contributed by atoms with E-state index >= 15 is 0 Å². The van der Waals surface area contributed by atoms with E-state index in [4.69, 9.17) is 9.47 Å². The third-order valence-corrected chi connectivity index (χ3v) is 3.88. The first-order chi connectivity index (χ1) is 9.08.